The van der Waals surface area contributed by atoms with Gasteiger partial charge >= 0.3 is 0 Å². The summed E-state index contributed by atoms with van der Waals surface area (Å²) in [5.41, 5.74) is -1.04. The maximum atomic E-state index is 13.6. The zero-order valence-corrected chi connectivity index (χ0v) is 15.0. The van der Waals surface area contributed by atoms with E-state index in [1.165, 1.54) is 0 Å². The summed E-state index contributed by atoms with van der Waals surface area (Å²) < 4.78 is 5.42. The molecular weight excluding hydrogens is 318 g/mol. The molecule has 4 unspecified atom stereocenters. The molecule has 138 valence electrons. The zero-order valence-electron chi connectivity index (χ0n) is 15.0. The van der Waals surface area contributed by atoms with Crippen LogP contribution in [0.2, 0.25) is 0 Å². The van der Waals surface area contributed by atoms with Crippen molar-refractivity contribution in [1.29, 1.82) is 0 Å². The van der Waals surface area contributed by atoms with Crippen LogP contribution in [0.1, 0.15) is 57.6 Å². The number of aliphatic hydroxyl groups excluding tert-OH is 1. The van der Waals surface area contributed by atoms with Gasteiger partial charge in [-0.15, -0.1) is 0 Å². The van der Waals surface area contributed by atoms with Crippen LogP contribution in [0.3, 0.4) is 0 Å². The van der Waals surface area contributed by atoms with Crippen molar-refractivity contribution in [2.45, 2.75) is 64.0 Å². The van der Waals surface area contributed by atoms with E-state index in [0.29, 0.717) is 25.4 Å². The van der Waals surface area contributed by atoms with Gasteiger partial charge in [0.05, 0.1) is 30.4 Å². The van der Waals surface area contributed by atoms with Gasteiger partial charge in [0.25, 0.3) is 0 Å². The van der Waals surface area contributed by atoms with Gasteiger partial charge in [-0.3, -0.25) is 4.79 Å². The molecular formula is C20H29NO4. The highest BCUT2D eigenvalue weighted by molar-refractivity contribution is 5.83. The fourth-order valence-electron chi connectivity index (χ4n) is 6.52. The van der Waals surface area contributed by atoms with Gasteiger partial charge < -0.3 is 19.5 Å². The van der Waals surface area contributed by atoms with Crippen molar-refractivity contribution in [2.75, 3.05) is 13.2 Å². The molecule has 4 fully saturated rings. The molecule has 0 radical (unpaired) electrons. The van der Waals surface area contributed by atoms with Crippen molar-refractivity contribution < 1.29 is 19.4 Å². The molecule has 0 spiro atoms. The largest absolute Gasteiger partial charge is 0.467 e. The van der Waals surface area contributed by atoms with E-state index >= 15 is 0 Å². The van der Waals surface area contributed by atoms with Gasteiger partial charge in [-0.1, -0.05) is 13.3 Å². The van der Waals surface area contributed by atoms with E-state index in [-0.39, 0.29) is 17.9 Å². The first-order valence-corrected chi connectivity index (χ1v) is 9.57. The normalized spacial score (nSPS) is 38.9. The average Bonchev–Trinajstić information content (AvgIpc) is 3.04. The van der Waals surface area contributed by atoms with Crippen molar-refractivity contribution in [1.82, 2.24) is 4.90 Å². The van der Waals surface area contributed by atoms with E-state index in [1.54, 1.807) is 11.2 Å². The Morgan fingerprint density at radius 2 is 2.16 bits per heavy atom. The van der Waals surface area contributed by atoms with Crippen LogP contribution in [0, 0.1) is 16.7 Å². The highest BCUT2D eigenvalue weighted by Crippen LogP contribution is 2.68. The molecule has 4 saturated carbocycles. The first kappa shape index (κ1) is 17.1. The Bertz CT molecular complexity index is 644. The number of furan rings is 1. The lowest BCUT2D eigenvalue weighted by Crippen LogP contribution is -2.64. The maximum Gasteiger partial charge on any atom is 0.229 e. The van der Waals surface area contributed by atoms with Crippen LogP contribution in [-0.4, -0.2) is 39.8 Å². The molecule has 0 aliphatic heterocycles. The number of carbonyl (C=O) groups excluding carboxylic acids is 1. The Morgan fingerprint density at radius 1 is 1.32 bits per heavy atom. The summed E-state index contributed by atoms with van der Waals surface area (Å²) in [6.07, 6.45) is 7.83. The molecule has 0 saturated heterocycles. The van der Waals surface area contributed by atoms with Gasteiger partial charge in [0, 0.05) is 6.54 Å². The summed E-state index contributed by atoms with van der Waals surface area (Å²) in [5, 5.41) is 20.6. The Morgan fingerprint density at radius 3 is 2.80 bits per heavy atom. The van der Waals surface area contributed by atoms with Crippen LogP contribution < -0.4 is 0 Å². The van der Waals surface area contributed by atoms with E-state index in [4.69, 9.17) is 4.42 Å². The van der Waals surface area contributed by atoms with Crippen molar-refractivity contribution in [3.05, 3.63) is 24.2 Å². The highest BCUT2D eigenvalue weighted by Gasteiger charge is 2.65. The predicted octanol–water partition coefficient (Wildman–Crippen LogP) is 2.71. The second-order valence-corrected chi connectivity index (χ2v) is 8.90. The lowest BCUT2D eigenvalue weighted by atomic mass is 9.42. The van der Waals surface area contributed by atoms with Crippen LogP contribution in [-0.2, 0) is 11.3 Å². The van der Waals surface area contributed by atoms with E-state index < -0.39 is 11.0 Å². The molecule has 5 heteroatoms. The maximum absolute atomic E-state index is 13.6. The molecule has 4 aliphatic rings. The van der Waals surface area contributed by atoms with Gasteiger partial charge in [0.15, 0.2) is 0 Å². The summed E-state index contributed by atoms with van der Waals surface area (Å²) in [7, 11) is 0. The molecule has 4 atom stereocenters. The zero-order chi connectivity index (χ0) is 17.7. The highest BCUT2D eigenvalue weighted by atomic mass is 16.3. The Balaban J connectivity index is 1.63. The van der Waals surface area contributed by atoms with Crippen LogP contribution in [0.25, 0.3) is 0 Å². The number of hydrogen-bond acceptors (Lipinski definition) is 4. The van der Waals surface area contributed by atoms with Gasteiger partial charge in [-0.05, 0) is 62.0 Å². The molecule has 4 bridgehead atoms. The third kappa shape index (κ3) is 2.81. The van der Waals surface area contributed by atoms with Gasteiger partial charge in [-0.25, -0.2) is 0 Å². The van der Waals surface area contributed by atoms with Gasteiger partial charge in [-0.2, -0.15) is 0 Å². The summed E-state index contributed by atoms with van der Waals surface area (Å²) in [6, 6.07) is 3.68. The lowest BCUT2D eigenvalue weighted by molar-refractivity contribution is -0.210. The molecule has 2 N–H and O–H groups in total. The minimum absolute atomic E-state index is 0.0604. The fraction of sp³-hybridized carbons (Fsp3) is 0.750. The molecule has 0 aromatic carbocycles. The summed E-state index contributed by atoms with van der Waals surface area (Å²) in [4.78, 5) is 15.3. The Kier molecular flexibility index (Phi) is 4.00. The lowest BCUT2D eigenvalue weighted by Gasteiger charge is -2.64. The predicted molar refractivity (Wildman–Crippen MR) is 92.5 cm³/mol. The van der Waals surface area contributed by atoms with Crippen molar-refractivity contribution in [3.63, 3.8) is 0 Å². The number of amides is 1. The minimum Gasteiger partial charge on any atom is -0.467 e. The number of nitrogens with zero attached hydrogens (tertiary/aromatic N) is 1. The molecule has 25 heavy (non-hydrogen) atoms. The Hall–Kier alpha value is -1.33. The minimum atomic E-state index is -0.680. The third-order valence-corrected chi connectivity index (χ3v) is 6.94. The van der Waals surface area contributed by atoms with E-state index in [0.717, 1.165) is 44.3 Å². The quantitative estimate of drug-likeness (QED) is 0.830. The third-order valence-electron chi connectivity index (χ3n) is 6.94. The van der Waals surface area contributed by atoms with E-state index in [9.17, 15) is 15.0 Å². The smallest absolute Gasteiger partial charge is 0.229 e. The monoisotopic (exact) mass is 347 g/mol. The molecule has 5 nitrogen and oxygen atoms in total. The van der Waals surface area contributed by atoms with Gasteiger partial charge in [0.1, 0.15) is 5.76 Å². The Labute approximate surface area is 149 Å². The number of aliphatic hydroxyl groups is 2. The average molecular weight is 347 g/mol. The summed E-state index contributed by atoms with van der Waals surface area (Å²) >= 11 is 0. The summed E-state index contributed by atoms with van der Waals surface area (Å²) in [5.74, 6) is 1.28. The van der Waals surface area contributed by atoms with Crippen molar-refractivity contribution >= 4 is 5.91 Å². The standard InChI is InChI=1S/C20H29NO4/c1-2-18-8-15-9-19(12-18,14-20(24,10-15)13-18)17(23)21(5-6-22)11-16-4-3-7-25-16/h3-4,7,15,22,24H,2,5-6,8-14H2,1H3. The topological polar surface area (TPSA) is 73.9 Å². The number of hydrogen-bond donors (Lipinski definition) is 2. The van der Waals surface area contributed by atoms with Crippen LogP contribution in [0.5, 0.6) is 0 Å². The van der Waals surface area contributed by atoms with E-state index in [1.807, 2.05) is 12.1 Å². The van der Waals surface area contributed by atoms with Crippen molar-refractivity contribution in [3.8, 4) is 0 Å². The first-order chi connectivity index (χ1) is 11.9. The molecule has 1 aromatic rings. The van der Waals surface area contributed by atoms with Crippen LogP contribution in [0.4, 0.5) is 0 Å². The molecule has 1 aromatic heterocycles. The van der Waals surface area contributed by atoms with Crippen LogP contribution in [0.15, 0.2) is 22.8 Å². The second-order valence-electron chi connectivity index (χ2n) is 8.90. The number of rotatable bonds is 6. The fourth-order valence-corrected chi connectivity index (χ4v) is 6.52. The van der Waals surface area contributed by atoms with Crippen molar-refractivity contribution in [2.24, 2.45) is 16.7 Å². The van der Waals surface area contributed by atoms with Gasteiger partial charge in [0.2, 0.25) is 5.91 Å². The number of carbonyl (C=O) groups is 1. The SMILES string of the molecule is CCC12CC3CC(O)(C1)CC(C(=O)N(CCO)Cc1ccco1)(C3)C2. The van der Waals surface area contributed by atoms with Crippen LogP contribution >= 0.6 is 0 Å². The summed E-state index contributed by atoms with van der Waals surface area (Å²) in [6.45, 7) is 2.83. The first-order valence-electron chi connectivity index (χ1n) is 9.57. The second kappa shape index (κ2) is 5.85. The molecule has 5 rings (SSSR count). The molecule has 1 heterocycles. The van der Waals surface area contributed by atoms with E-state index in [2.05, 4.69) is 6.92 Å². The molecule has 1 amide bonds. The molecule has 4 aliphatic carbocycles.